The number of rotatable bonds is 4. The number of nitrogens with zero attached hydrogens (tertiary/aromatic N) is 1. The summed E-state index contributed by atoms with van der Waals surface area (Å²) in [5, 5.41) is 15.0. The van der Waals surface area contributed by atoms with E-state index in [1.807, 2.05) is 67.6 Å². The second-order valence-electron chi connectivity index (χ2n) is 8.16. The molecule has 1 N–H and O–H groups in total. The van der Waals surface area contributed by atoms with E-state index < -0.39 is 5.91 Å². The van der Waals surface area contributed by atoms with E-state index in [1.165, 1.54) is 7.11 Å². The number of para-hydroxylation sites is 1. The summed E-state index contributed by atoms with van der Waals surface area (Å²) in [5.41, 5.74) is 3.66. The second-order valence-corrected chi connectivity index (χ2v) is 8.16. The molecule has 0 radical (unpaired) electrons. The first kappa shape index (κ1) is 21.3. The van der Waals surface area contributed by atoms with Gasteiger partial charge in [0.2, 0.25) is 5.88 Å². The Balaban J connectivity index is 1.67. The Morgan fingerprint density at radius 2 is 1.71 bits per heavy atom. The predicted octanol–water partition coefficient (Wildman–Crippen LogP) is 5.85. The smallest absolute Gasteiger partial charge is 0.261 e. The standard InChI is InChI=1S/C29H22N2O3/c1-18-11-13-20(14-12-18)26-23-16-15-19-7-3-4-8-21(19)27(23)34-29(24(26)17-30)31-28(32)22-9-5-6-10-25(22)33-2/h3-16,26H,1-2H3,(H,31,32)/t26-/m1/s1. The van der Waals surface area contributed by atoms with E-state index in [0.29, 0.717) is 22.6 Å². The van der Waals surface area contributed by atoms with E-state index in [-0.39, 0.29) is 11.8 Å². The molecule has 166 valence electrons. The predicted molar refractivity (Wildman–Crippen MR) is 131 cm³/mol. The third-order valence-corrected chi connectivity index (χ3v) is 6.07. The van der Waals surface area contributed by atoms with E-state index in [9.17, 15) is 10.1 Å². The molecule has 1 amide bonds. The lowest BCUT2D eigenvalue weighted by Crippen LogP contribution is -2.31. The number of nitriles is 1. The van der Waals surface area contributed by atoms with Crippen LogP contribution in [0.4, 0.5) is 0 Å². The number of benzene rings is 4. The molecule has 0 fully saturated rings. The SMILES string of the molecule is COc1ccccc1C(=O)NC1=C(C#N)[C@H](c2ccc(C)cc2)c2ccc3ccccc3c2O1. The van der Waals surface area contributed by atoms with Gasteiger partial charge < -0.3 is 9.47 Å². The molecule has 0 aliphatic carbocycles. The number of hydrogen-bond acceptors (Lipinski definition) is 4. The maximum Gasteiger partial charge on any atom is 0.261 e. The minimum atomic E-state index is -0.411. The summed E-state index contributed by atoms with van der Waals surface area (Å²) in [5.74, 6) is 0.417. The van der Waals surface area contributed by atoms with E-state index in [4.69, 9.17) is 9.47 Å². The highest BCUT2D eigenvalue weighted by Gasteiger charge is 2.33. The normalized spacial score (nSPS) is 14.7. The Hall–Kier alpha value is -4.56. The van der Waals surface area contributed by atoms with Crippen molar-refractivity contribution in [3.05, 3.63) is 119 Å². The molecule has 34 heavy (non-hydrogen) atoms. The van der Waals surface area contributed by atoms with E-state index >= 15 is 0 Å². The molecule has 1 aliphatic heterocycles. The van der Waals surface area contributed by atoms with Crippen LogP contribution in [0, 0.1) is 18.3 Å². The molecule has 5 heteroatoms. The molecule has 4 aromatic rings. The van der Waals surface area contributed by atoms with Gasteiger partial charge in [-0.2, -0.15) is 5.26 Å². The zero-order chi connectivity index (χ0) is 23.7. The maximum absolute atomic E-state index is 13.2. The Morgan fingerprint density at radius 1 is 0.971 bits per heavy atom. The zero-order valence-electron chi connectivity index (χ0n) is 18.8. The van der Waals surface area contributed by atoms with E-state index in [1.54, 1.807) is 24.3 Å². The van der Waals surface area contributed by atoms with Crippen LogP contribution in [0.2, 0.25) is 0 Å². The van der Waals surface area contributed by atoms with Crippen molar-refractivity contribution in [2.24, 2.45) is 0 Å². The van der Waals surface area contributed by atoms with Gasteiger partial charge in [-0.05, 0) is 30.0 Å². The van der Waals surface area contributed by atoms with Crippen LogP contribution in [-0.2, 0) is 0 Å². The largest absolute Gasteiger partial charge is 0.496 e. The Morgan fingerprint density at radius 3 is 2.47 bits per heavy atom. The number of aryl methyl sites for hydroxylation is 1. The number of allylic oxidation sites excluding steroid dienone is 1. The number of fused-ring (bicyclic) bond motifs is 3. The monoisotopic (exact) mass is 446 g/mol. The Labute approximate surface area is 197 Å². The number of nitrogens with one attached hydrogen (secondary N) is 1. The molecule has 0 aromatic heterocycles. The summed E-state index contributed by atoms with van der Waals surface area (Å²) >= 11 is 0. The van der Waals surface area contributed by atoms with Crippen molar-refractivity contribution >= 4 is 16.7 Å². The molecule has 1 heterocycles. The van der Waals surface area contributed by atoms with Crippen molar-refractivity contribution in [3.63, 3.8) is 0 Å². The lowest BCUT2D eigenvalue weighted by Gasteiger charge is -2.29. The van der Waals surface area contributed by atoms with Gasteiger partial charge in [0.25, 0.3) is 5.91 Å². The molecule has 0 bridgehead atoms. The van der Waals surface area contributed by atoms with Crippen LogP contribution in [0.25, 0.3) is 10.8 Å². The van der Waals surface area contributed by atoms with Crippen LogP contribution in [0.3, 0.4) is 0 Å². The molecule has 0 saturated carbocycles. The number of carbonyl (C=O) groups excluding carboxylic acids is 1. The molecule has 5 rings (SSSR count). The van der Waals surface area contributed by atoms with Gasteiger partial charge in [0.05, 0.1) is 18.6 Å². The number of hydrogen-bond donors (Lipinski definition) is 1. The van der Waals surface area contributed by atoms with E-state index in [2.05, 4.69) is 11.4 Å². The lowest BCUT2D eigenvalue weighted by molar-refractivity contribution is 0.0945. The van der Waals surface area contributed by atoms with Gasteiger partial charge in [0.15, 0.2) is 0 Å². The minimum absolute atomic E-state index is 0.132. The molecular formula is C29H22N2O3. The summed E-state index contributed by atoms with van der Waals surface area (Å²) in [4.78, 5) is 13.2. The van der Waals surface area contributed by atoms with Crippen molar-refractivity contribution in [1.29, 1.82) is 5.26 Å². The fraction of sp³-hybridized carbons (Fsp3) is 0.103. The summed E-state index contributed by atoms with van der Waals surface area (Å²) in [6, 6.07) is 29.3. The summed E-state index contributed by atoms with van der Waals surface area (Å²) < 4.78 is 11.6. The summed E-state index contributed by atoms with van der Waals surface area (Å²) in [7, 11) is 1.51. The van der Waals surface area contributed by atoms with Crippen LogP contribution in [0.1, 0.15) is 33.0 Å². The Kier molecular flexibility index (Phi) is 5.49. The summed E-state index contributed by atoms with van der Waals surface area (Å²) in [6.07, 6.45) is 0. The number of methoxy groups -OCH3 is 1. The topological polar surface area (TPSA) is 71.3 Å². The third kappa shape index (κ3) is 3.66. The Bertz CT molecular complexity index is 1480. The third-order valence-electron chi connectivity index (χ3n) is 6.07. The molecule has 1 atom stereocenters. The average molecular weight is 447 g/mol. The van der Waals surface area contributed by atoms with Gasteiger partial charge >= 0.3 is 0 Å². The van der Waals surface area contributed by atoms with E-state index in [0.717, 1.165) is 27.5 Å². The highest BCUT2D eigenvalue weighted by atomic mass is 16.5. The minimum Gasteiger partial charge on any atom is -0.496 e. The van der Waals surface area contributed by atoms with Gasteiger partial charge in [-0.1, -0.05) is 78.4 Å². The zero-order valence-corrected chi connectivity index (χ0v) is 18.8. The quantitative estimate of drug-likeness (QED) is 0.427. The van der Waals surface area contributed by atoms with Gasteiger partial charge in [-0.25, -0.2) is 0 Å². The van der Waals surface area contributed by atoms with Crippen LogP contribution >= 0.6 is 0 Å². The van der Waals surface area contributed by atoms with Crippen LogP contribution in [0.15, 0.2) is 96.4 Å². The molecule has 0 saturated heterocycles. The first-order valence-electron chi connectivity index (χ1n) is 11.0. The molecule has 4 aromatic carbocycles. The number of ether oxygens (including phenoxy) is 2. The van der Waals surface area contributed by atoms with Crippen molar-refractivity contribution in [1.82, 2.24) is 5.32 Å². The molecule has 0 spiro atoms. The van der Waals surface area contributed by atoms with Crippen LogP contribution < -0.4 is 14.8 Å². The fourth-order valence-electron chi connectivity index (χ4n) is 4.36. The molecule has 5 nitrogen and oxygen atoms in total. The van der Waals surface area contributed by atoms with Gasteiger partial charge in [0.1, 0.15) is 23.1 Å². The molecule has 0 unspecified atom stereocenters. The van der Waals surface area contributed by atoms with Gasteiger partial charge in [0, 0.05) is 10.9 Å². The van der Waals surface area contributed by atoms with Crippen molar-refractivity contribution < 1.29 is 14.3 Å². The second kappa shape index (κ2) is 8.76. The number of carbonyl (C=O) groups is 1. The number of amides is 1. The molecule has 1 aliphatic rings. The highest BCUT2D eigenvalue weighted by Crippen LogP contribution is 2.45. The molecular weight excluding hydrogens is 424 g/mol. The summed E-state index contributed by atoms with van der Waals surface area (Å²) in [6.45, 7) is 2.02. The van der Waals surface area contributed by atoms with Gasteiger partial charge in [-0.3, -0.25) is 10.1 Å². The first-order valence-corrected chi connectivity index (χ1v) is 11.0. The van der Waals surface area contributed by atoms with Crippen molar-refractivity contribution in [2.45, 2.75) is 12.8 Å². The highest BCUT2D eigenvalue weighted by molar-refractivity contribution is 5.98. The maximum atomic E-state index is 13.2. The lowest BCUT2D eigenvalue weighted by atomic mass is 9.82. The first-order chi connectivity index (χ1) is 16.6. The van der Waals surface area contributed by atoms with Crippen molar-refractivity contribution in [3.8, 4) is 17.6 Å². The van der Waals surface area contributed by atoms with Crippen LogP contribution in [0.5, 0.6) is 11.5 Å². The van der Waals surface area contributed by atoms with Crippen molar-refractivity contribution in [2.75, 3.05) is 7.11 Å². The average Bonchev–Trinajstić information content (AvgIpc) is 2.88. The van der Waals surface area contributed by atoms with Gasteiger partial charge in [-0.15, -0.1) is 0 Å². The van der Waals surface area contributed by atoms with Crippen LogP contribution in [-0.4, -0.2) is 13.0 Å². The fourth-order valence-corrected chi connectivity index (χ4v) is 4.36.